The summed E-state index contributed by atoms with van der Waals surface area (Å²) >= 11 is 6.93. The number of rotatable bonds is 4. The number of nitrogens with zero attached hydrogens (tertiary/aromatic N) is 4. The van der Waals surface area contributed by atoms with E-state index in [-0.39, 0.29) is 23.8 Å². The van der Waals surface area contributed by atoms with E-state index in [4.69, 9.17) is 11.6 Å². The van der Waals surface area contributed by atoms with Crippen LogP contribution in [-0.4, -0.2) is 56.2 Å². The molecule has 3 aliphatic rings. The molecule has 0 saturated carbocycles. The van der Waals surface area contributed by atoms with Gasteiger partial charge in [0.05, 0.1) is 23.2 Å². The Labute approximate surface area is 202 Å². The Kier molecular flexibility index (Phi) is 5.83. The molecule has 2 aromatic rings. The highest BCUT2D eigenvalue weighted by Crippen LogP contribution is 2.34. The fourth-order valence-electron chi connectivity index (χ4n) is 4.69. The van der Waals surface area contributed by atoms with Gasteiger partial charge in [0.1, 0.15) is 0 Å². The second kappa shape index (κ2) is 8.95. The van der Waals surface area contributed by atoms with Crippen molar-refractivity contribution in [3.63, 3.8) is 0 Å². The first-order valence-corrected chi connectivity index (χ1v) is 11.6. The number of likely N-dealkylation sites (tertiary alicyclic amines) is 1. The van der Waals surface area contributed by atoms with E-state index >= 15 is 0 Å². The Morgan fingerprint density at radius 1 is 1.26 bits per heavy atom. The molecule has 1 fully saturated rings. The zero-order chi connectivity index (χ0) is 23.7. The highest BCUT2D eigenvalue weighted by Gasteiger charge is 2.47. The van der Waals surface area contributed by atoms with Crippen molar-refractivity contribution in [2.75, 3.05) is 13.1 Å². The van der Waals surface area contributed by atoms with Crippen molar-refractivity contribution in [1.82, 2.24) is 25.3 Å². The monoisotopic (exact) mass is 476 g/mol. The number of carbonyl (C=O) groups excluding carboxylic acids is 2. The fourth-order valence-corrected chi connectivity index (χ4v) is 5.03. The van der Waals surface area contributed by atoms with E-state index in [1.54, 1.807) is 53.6 Å². The van der Waals surface area contributed by atoms with E-state index in [1.807, 2.05) is 36.4 Å². The van der Waals surface area contributed by atoms with Gasteiger partial charge in [0.15, 0.2) is 4.87 Å². The topological polar surface area (TPSA) is 91.6 Å². The second-order valence-electron chi connectivity index (χ2n) is 8.63. The van der Waals surface area contributed by atoms with Crippen LogP contribution < -0.4 is 10.6 Å². The number of benzene rings is 1. The van der Waals surface area contributed by atoms with Gasteiger partial charge in [-0.1, -0.05) is 48.0 Å². The highest BCUT2D eigenvalue weighted by atomic mass is 35.5. The first-order valence-electron chi connectivity index (χ1n) is 11.2. The number of allylic oxidation sites excluding steroid dienone is 3. The van der Waals surface area contributed by atoms with Gasteiger partial charge in [0.2, 0.25) is 0 Å². The molecule has 3 atom stereocenters. The third-order valence-electron chi connectivity index (χ3n) is 6.43. The number of aromatic nitrogens is 2. The van der Waals surface area contributed by atoms with Crippen LogP contribution in [0.5, 0.6) is 0 Å². The van der Waals surface area contributed by atoms with E-state index in [0.717, 1.165) is 5.56 Å². The summed E-state index contributed by atoms with van der Waals surface area (Å²) in [6.45, 7) is 0.900. The maximum absolute atomic E-state index is 13.7. The van der Waals surface area contributed by atoms with E-state index in [1.165, 1.54) is 0 Å². The summed E-state index contributed by atoms with van der Waals surface area (Å²) in [6, 6.07) is 9.80. The van der Waals surface area contributed by atoms with Crippen molar-refractivity contribution >= 4 is 29.1 Å². The summed E-state index contributed by atoms with van der Waals surface area (Å²) in [5.41, 5.74) is 2.77. The van der Waals surface area contributed by atoms with E-state index < -0.39 is 4.87 Å². The van der Waals surface area contributed by atoms with Crippen molar-refractivity contribution in [2.24, 2.45) is 12.0 Å². The van der Waals surface area contributed by atoms with Crippen LogP contribution >= 0.6 is 11.6 Å². The normalized spacial score (nSPS) is 25.6. The number of aliphatic imine (C=N–C) groups is 1. The quantitative estimate of drug-likeness (QED) is 0.663. The fraction of sp³-hybridized carbons (Fsp3) is 0.280. The Morgan fingerprint density at radius 3 is 2.85 bits per heavy atom. The second-order valence-corrected chi connectivity index (χ2v) is 9.22. The van der Waals surface area contributed by atoms with Crippen LogP contribution in [0.25, 0.3) is 0 Å². The van der Waals surface area contributed by atoms with Crippen LogP contribution in [0.3, 0.4) is 0 Å². The lowest BCUT2D eigenvalue weighted by Crippen LogP contribution is -2.57. The van der Waals surface area contributed by atoms with Gasteiger partial charge in [-0.05, 0) is 24.1 Å². The molecule has 0 bridgehead atoms. The molecule has 2 N–H and O–H groups in total. The lowest BCUT2D eigenvalue weighted by Gasteiger charge is -2.42. The largest absolute Gasteiger partial charge is 0.359 e. The Balaban J connectivity index is 1.39. The minimum atomic E-state index is -1.38. The molecule has 1 aromatic heterocycles. The highest BCUT2D eigenvalue weighted by molar-refractivity contribution is 6.51. The number of aryl methyl sites for hydroxylation is 1. The summed E-state index contributed by atoms with van der Waals surface area (Å²) in [6.07, 6.45) is 12.5. The predicted octanol–water partition coefficient (Wildman–Crippen LogP) is 2.48. The van der Waals surface area contributed by atoms with Gasteiger partial charge in [0.25, 0.3) is 11.8 Å². The third-order valence-corrected chi connectivity index (χ3v) is 6.89. The minimum Gasteiger partial charge on any atom is -0.359 e. The average molecular weight is 477 g/mol. The molecule has 0 spiro atoms. The first kappa shape index (κ1) is 22.2. The molecular formula is C25H25ClN6O2. The molecule has 1 unspecified atom stereocenters. The van der Waals surface area contributed by atoms with Gasteiger partial charge in [0, 0.05) is 50.7 Å². The molecule has 2 aliphatic heterocycles. The van der Waals surface area contributed by atoms with Gasteiger partial charge in [-0.25, -0.2) is 0 Å². The molecule has 174 valence electrons. The Hall–Kier alpha value is -3.65. The van der Waals surface area contributed by atoms with Crippen LogP contribution in [0.4, 0.5) is 0 Å². The number of hydrogen-bond acceptors (Lipinski definition) is 5. The van der Waals surface area contributed by atoms with E-state index in [2.05, 4.69) is 20.7 Å². The van der Waals surface area contributed by atoms with Gasteiger partial charge in [-0.2, -0.15) is 5.10 Å². The van der Waals surface area contributed by atoms with Gasteiger partial charge in [-0.3, -0.25) is 19.3 Å². The van der Waals surface area contributed by atoms with Crippen LogP contribution in [-0.2, 0) is 11.8 Å². The molecule has 3 heterocycles. The summed E-state index contributed by atoms with van der Waals surface area (Å²) in [5.74, 6) is -0.481. The zero-order valence-corrected chi connectivity index (χ0v) is 19.4. The molecule has 34 heavy (non-hydrogen) atoms. The average Bonchev–Trinajstić information content (AvgIpc) is 3.31. The smallest absolute Gasteiger partial charge is 0.254 e. The van der Waals surface area contributed by atoms with Crippen molar-refractivity contribution in [3.05, 3.63) is 90.2 Å². The molecule has 1 saturated heterocycles. The van der Waals surface area contributed by atoms with Crippen molar-refractivity contribution in [1.29, 1.82) is 0 Å². The standard InChI is InChI=1S/C25H25ClN6O2/c1-31-15-18(14-29-31)23(33)30-20-9-13-32(16-19(20)17-6-3-2-4-7-17)24(34)25(26)10-5-8-21-22(25)28-12-11-27-21/h2-8,10-12,14-15,19-20,27H,9,13,16H2,1H3,(H,30,33)/t19-,20-,25?/m1/s1. The maximum atomic E-state index is 13.7. The predicted molar refractivity (Wildman–Crippen MR) is 130 cm³/mol. The Bertz CT molecular complexity index is 1230. The van der Waals surface area contributed by atoms with Gasteiger partial charge < -0.3 is 15.5 Å². The van der Waals surface area contributed by atoms with Gasteiger partial charge in [-0.15, -0.1) is 0 Å². The van der Waals surface area contributed by atoms with Crippen molar-refractivity contribution in [3.8, 4) is 0 Å². The molecule has 1 aliphatic carbocycles. The van der Waals surface area contributed by atoms with Crippen LogP contribution in [0.1, 0.15) is 28.3 Å². The third kappa shape index (κ3) is 4.05. The van der Waals surface area contributed by atoms with Crippen molar-refractivity contribution in [2.45, 2.75) is 23.3 Å². The zero-order valence-electron chi connectivity index (χ0n) is 18.7. The summed E-state index contributed by atoms with van der Waals surface area (Å²) in [4.78, 5) is 31.4. The van der Waals surface area contributed by atoms with Crippen LogP contribution in [0.15, 0.2) is 84.0 Å². The van der Waals surface area contributed by atoms with E-state index in [0.29, 0.717) is 36.5 Å². The SMILES string of the molecule is Cn1cc(C(=O)N[C@@H]2CCN(C(=O)C3(Cl)C=CC=C4NC=CN=C43)C[C@@H]2c2ccccc2)cn1. The van der Waals surface area contributed by atoms with Crippen LogP contribution in [0.2, 0.25) is 0 Å². The minimum absolute atomic E-state index is 0.0892. The lowest BCUT2D eigenvalue weighted by molar-refractivity contribution is -0.132. The molecular weight excluding hydrogens is 452 g/mol. The Morgan fingerprint density at radius 2 is 2.09 bits per heavy atom. The molecule has 9 heteroatoms. The first-order chi connectivity index (χ1) is 16.5. The van der Waals surface area contributed by atoms with Gasteiger partial charge >= 0.3 is 0 Å². The van der Waals surface area contributed by atoms with Crippen LogP contribution in [0, 0.1) is 0 Å². The number of carbonyl (C=O) groups is 2. The van der Waals surface area contributed by atoms with E-state index in [9.17, 15) is 9.59 Å². The number of alkyl halides is 1. The molecule has 1 aromatic carbocycles. The number of halogens is 1. The number of hydrogen-bond donors (Lipinski definition) is 2. The summed E-state index contributed by atoms with van der Waals surface area (Å²) < 4.78 is 1.60. The van der Waals surface area contributed by atoms with Crippen molar-refractivity contribution < 1.29 is 9.59 Å². The molecule has 2 amide bonds. The molecule has 0 radical (unpaired) electrons. The molecule has 8 nitrogen and oxygen atoms in total. The number of nitrogens with one attached hydrogen (secondary N) is 2. The number of piperidine rings is 1. The number of amides is 2. The summed E-state index contributed by atoms with van der Waals surface area (Å²) in [5, 5.41) is 10.4. The molecule has 5 rings (SSSR count). The number of fused-ring (bicyclic) bond motifs is 1. The summed E-state index contributed by atoms with van der Waals surface area (Å²) in [7, 11) is 1.78. The maximum Gasteiger partial charge on any atom is 0.254 e. The lowest BCUT2D eigenvalue weighted by atomic mass is 9.84.